The lowest BCUT2D eigenvalue weighted by molar-refractivity contribution is 0.601. The van der Waals surface area contributed by atoms with Crippen molar-refractivity contribution >= 4 is 44.0 Å². The van der Waals surface area contributed by atoms with Crippen molar-refractivity contribution in [2.75, 3.05) is 10.0 Å². The molecular formula is C15H15IN2O2S. The molecule has 6 heteroatoms. The Morgan fingerprint density at radius 1 is 1.19 bits per heavy atom. The molecule has 2 N–H and O–H groups in total. The van der Waals surface area contributed by atoms with Crippen molar-refractivity contribution in [1.29, 1.82) is 0 Å². The second kappa shape index (κ2) is 5.49. The van der Waals surface area contributed by atoms with E-state index in [0.717, 1.165) is 21.2 Å². The molecule has 1 aliphatic heterocycles. The number of hydrogen-bond acceptors (Lipinski definition) is 3. The van der Waals surface area contributed by atoms with Gasteiger partial charge in [-0.2, -0.15) is 0 Å². The van der Waals surface area contributed by atoms with E-state index in [1.807, 2.05) is 18.2 Å². The minimum absolute atomic E-state index is 0.302. The predicted molar refractivity (Wildman–Crippen MR) is 93.2 cm³/mol. The summed E-state index contributed by atoms with van der Waals surface area (Å²) >= 11 is 2.18. The molecule has 1 atom stereocenters. The number of sulfonamides is 1. The molecule has 3 rings (SSSR count). The van der Waals surface area contributed by atoms with Crippen molar-refractivity contribution < 1.29 is 8.42 Å². The summed E-state index contributed by atoms with van der Waals surface area (Å²) in [4.78, 5) is 0.302. The first-order chi connectivity index (χ1) is 9.94. The number of rotatable bonds is 3. The van der Waals surface area contributed by atoms with Crippen molar-refractivity contribution in [3.8, 4) is 0 Å². The maximum Gasteiger partial charge on any atom is 0.261 e. The average molecular weight is 414 g/mol. The summed E-state index contributed by atoms with van der Waals surface area (Å²) < 4.78 is 28.5. The van der Waals surface area contributed by atoms with Gasteiger partial charge in [-0.1, -0.05) is 0 Å². The van der Waals surface area contributed by atoms with E-state index in [9.17, 15) is 8.42 Å². The third kappa shape index (κ3) is 3.16. The fraction of sp³-hybridized carbons (Fsp3) is 0.200. The summed E-state index contributed by atoms with van der Waals surface area (Å²) in [6, 6.07) is 12.8. The van der Waals surface area contributed by atoms with Gasteiger partial charge in [-0.05, 0) is 84.0 Å². The van der Waals surface area contributed by atoms with E-state index in [0.29, 0.717) is 16.6 Å². The standard InChI is InChI=1S/C15H15IN2O2S/c1-10-8-11-9-14(6-7-15(11)17-10)21(19,20)18-13-4-2-12(16)3-5-13/h2-7,9-10,17-18H,8H2,1H3/t10-/m1/s1. The summed E-state index contributed by atoms with van der Waals surface area (Å²) in [7, 11) is -3.55. The topological polar surface area (TPSA) is 58.2 Å². The fourth-order valence-electron chi connectivity index (χ4n) is 2.43. The lowest BCUT2D eigenvalue weighted by Gasteiger charge is -2.09. The highest BCUT2D eigenvalue weighted by Gasteiger charge is 2.21. The minimum Gasteiger partial charge on any atom is -0.382 e. The molecule has 4 nitrogen and oxygen atoms in total. The lowest BCUT2D eigenvalue weighted by Crippen LogP contribution is -2.13. The Morgan fingerprint density at radius 2 is 1.90 bits per heavy atom. The molecule has 0 aliphatic carbocycles. The van der Waals surface area contributed by atoms with Gasteiger partial charge in [-0.3, -0.25) is 4.72 Å². The van der Waals surface area contributed by atoms with Crippen LogP contribution in [0.3, 0.4) is 0 Å². The molecule has 1 heterocycles. The molecule has 0 fully saturated rings. The summed E-state index contributed by atoms with van der Waals surface area (Å²) in [6.45, 7) is 2.08. The van der Waals surface area contributed by atoms with Crippen molar-refractivity contribution in [2.45, 2.75) is 24.3 Å². The zero-order valence-corrected chi connectivity index (χ0v) is 14.4. The molecule has 110 valence electrons. The average Bonchev–Trinajstić information content (AvgIpc) is 2.80. The van der Waals surface area contributed by atoms with Gasteiger partial charge in [0.25, 0.3) is 10.0 Å². The number of nitrogens with one attached hydrogen (secondary N) is 2. The fourth-order valence-corrected chi connectivity index (χ4v) is 3.89. The number of hydrogen-bond donors (Lipinski definition) is 2. The molecule has 0 saturated heterocycles. The van der Waals surface area contributed by atoms with E-state index in [2.05, 4.69) is 39.6 Å². The van der Waals surface area contributed by atoms with Gasteiger partial charge >= 0.3 is 0 Å². The van der Waals surface area contributed by atoms with E-state index < -0.39 is 10.0 Å². The number of halogens is 1. The van der Waals surface area contributed by atoms with Crippen LogP contribution in [0.4, 0.5) is 11.4 Å². The summed E-state index contributed by atoms with van der Waals surface area (Å²) in [5.74, 6) is 0. The van der Waals surface area contributed by atoms with Gasteiger partial charge in [-0.25, -0.2) is 8.42 Å². The summed E-state index contributed by atoms with van der Waals surface area (Å²) in [5.41, 5.74) is 2.64. The molecule has 21 heavy (non-hydrogen) atoms. The van der Waals surface area contributed by atoms with Crippen LogP contribution in [-0.4, -0.2) is 14.5 Å². The SMILES string of the molecule is C[C@@H]1Cc2cc(S(=O)(=O)Nc3ccc(I)cc3)ccc2N1. The van der Waals surface area contributed by atoms with Gasteiger partial charge in [0, 0.05) is 21.0 Å². The maximum absolute atomic E-state index is 12.4. The molecule has 2 aromatic rings. The first-order valence-electron chi connectivity index (χ1n) is 6.62. The Bertz CT molecular complexity index is 773. The molecule has 0 radical (unpaired) electrons. The Balaban J connectivity index is 1.89. The quantitative estimate of drug-likeness (QED) is 0.757. The molecule has 0 aromatic heterocycles. The second-order valence-corrected chi connectivity index (χ2v) is 8.11. The van der Waals surface area contributed by atoms with Gasteiger partial charge in [0.1, 0.15) is 0 Å². The molecule has 0 saturated carbocycles. The van der Waals surface area contributed by atoms with E-state index in [-0.39, 0.29) is 0 Å². The molecule has 0 unspecified atom stereocenters. The molecule has 2 aromatic carbocycles. The van der Waals surface area contributed by atoms with Crippen LogP contribution in [0.2, 0.25) is 0 Å². The molecule has 0 spiro atoms. The van der Waals surface area contributed by atoms with Crippen LogP contribution in [0.1, 0.15) is 12.5 Å². The Hall–Kier alpha value is -1.28. The Morgan fingerprint density at radius 3 is 2.62 bits per heavy atom. The highest BCUT2D eigenvalue weighted by atomic mass is 127. The van der Waals surface area contributed by atoms with Crippen molar-refractivity contribution in [2.24, 2.45) is 0 Å². The maximum atomic E-state index is 12.4. The number of benzene rings is 2. The monoisotopic (exact) mass is 414 g/mol. The van der Waals surface area contributed by atoms with Gasteiger partial charge in [0.15, 0.2) is 0 Å². The summed E-state index contributed by atoms with van der Waals surface area (Å²) in [6.07, 6.45) is 0.849. The lowest BCUT2D eigenvalue weighted by atomic mass is 10.1. The highest BCUT2D eigenvalue weighted by molar-refractivity contribution is 14.1. The number of fused-ring (bicyclic) bond motifs is 1. The Labute approximate surface area is 138 Å². The van der Waals surface area contributed by atoms with Crippen molar-refractivity contribution in [3.05, 3.63) is 51.6 Å². The van der Waals surface area contributed by atoms with E-state index in [4.69, 9.17) is 0 Å². The third-order valence-corrected chi connectivity index (χ3v) is 5.51. The molecule has 0 bridgehead atoms. The first kappa shape index (κ1) is 14.6. The van der Waals surface area contributed by atoms with E-state index in [1.165, 1.54) is 0 Å². The van der Waals surface area contributed by atoms with Crippen LogP contribution in [0, 0.1) is 3.57 Å². The third-order valence-electron chi connectivity index (χ3n) is 3.41. The van der Waals surface area contributed by atoms with Gasteiger partial charge < -0.3 is 5.32 Å². The zero-order valence-electron chi connectivity index (χ0n) is 11.4. The zero-order chi connectivity index (χ0) is 15.0. The van der Waals surface area contributed by atoms with Crippen LogP contribution in [-0.2, 0) is 16.4 Å². The van der Waals surface area contributed by atoms with Crippen LogP contribution < -0.4 is 10.0 Å². The largest absolute Gasteiger partial charge is 0.382 e. The van der Waals surface area contributed by atoms with Crippen LogP contribution in [0.5, 0.6) is 0 Å². The predicted octanol–water partition coefficient (Wildman–Crippen LogP) is 3.45. The van der Waals surface area contributed by atoms with Gasteiger partial charge in [0.05, 0.1) is 4.90 Å². The van der Waals surface area contributed by atoms with Gasteiger partial charge in [-0.15, -0.1) is 0 Å². The molecular weight excluding hydrogens is 399 g/mol. The van der Waals surface area contributed by atoms with Gasteiger partial charge in [0.2, 0.25) is 0 Å². The van der Waals surface area contributed by atoms with Crippen LogP contribution >= 0.6 is 22.6 Å². The van der Waals surface area contributed by atoms with Crippen LogP contribution in [0.25, 0.3) is 0 Å². The highest BCUT2D eigenvalue weighted by Crippen LogP contribution is 2.28. The van der Waals surface area contributed by atoms with E-state index >= 15 is 0 Å². The smallest absolute Gasteiger partial charge is 0.261 e. The van der Waals surface area contributed by atoms with Crippen molar-refractivity contribution in [1.82, 2.24) is 0 Å². The normalized spacial score (nSPS) is 17.1. The Kier molecular flexibility index (Phi) is 3.83. The van der Waals surface area contributed by atoms with Crippen LogP contribution in [0.15, 0.2) is 47.4 Å². The molecule has 1 aliphatic rings. The minimum atomic E-state index is -3.55. The van der Waals surface area contributed by atoms with E-state index in [1.54, 1.807) is 24.3 Å². The summed E-state index contributed by atoms with van der Waals surface area (Å²) in [5, 5.41) is 3.32. The van der Waals surface area contributed by atoms with Crippen molar-refractivity contribution in [3.63, 3.8) is 0 Å². The first-order valence-corrected chi connectivity index (χ1v) is 9.18. The molecule has 0 amide bonds. The second-order valence-electron chi connectivity index (χ2n) is 5.18. The number of anilines is 2.